The molecule has 9 heteroatoms. The number of hydrogen-bond acceptors (Lipinski definition) is 3. The van der Waals surface area contributed by atoms with Gasteiger partial charge in [0.15, 0.2) is 0 Å². The van der Waals surface area contributed by atoms with Gasteiger partial charge in [-0.05, 0) is 54.1 Å². The van der Waals surface area contributed by atoms with Crippen LogP contribution in [0.15, 0.2) is 72.8 Å². The molecule has 3 aromatic rings. The van der Waals surface area contributed by atoms with E-state index in [4.69, 9.17) is 11.6 Å². The minimum atomic E-state index is -4.45. The van der Waals surface area contributed by atoms with E-state index in [2.05, 4.69) is 5.32 Å². The zero-order valence-corrected chi connectivity index (χ0v) is 18.0. The monoisotopic (exact) mass is 476 g/mol. The van der Waals surface area contributed by atoms with Crippen LogP contribution in [0.5, 0.6) is 0 Å². The van der Waals surface area contributed by atoms with Gasteiger partial charge < -0.3 is 5.32 Å². The first-order valence-electron chi connectivity index (χ1n) is 9.51. The van der Waals surface area contributed by atoms with Gasteiger partial charge in [-0.3, -0.25) is 14.5 Å². The topological polar surface area (TPSA) is 49.4 Å². The Balaban J connectivity index is 1.58. The molecule has 1 fully saturated rings. The van der Waals surface area contributed by atoms with Crippen molar-refractivity contribution in [2.24, 2.45) is 0 Å². The number of carbonyl (C=O) groups excluding carboxylic acids is 2. The van der Waals surface area contributed by atoms with Crippen molar-refractivity contribution < 1.29 is 22.8 Å². The van der Waals surface area contributed by atoms with Gasteiger partial charge in [0, 0.05) is 11.4 Å². The van der Waals surface area contributed by atoms with Crippen LogP contribution in [0.1, 0.15) is 26.9 Å². The third-order valence-electron chi connectivity index (χ3n) is 4.89. The van der Waals surface area contributed by atoms with Gasteiger partial charge >= 0.3 is 6.18 Å². The Labute approximate surface area is 191 Å². The molecule has 2 amide bonds. The fraction of sp³-hybridized carbons (Fsp3) is 0.130. The molecular weight excluding hydrogens is 461 g/mol. The number of alkyl halides is 3. The summed E-state index contributed by atoms with van der Waals surface area (Å²) in [5.41, 5.74) is 1.18. The number of nitrogens with zero attached hydrogens (tertiary/aromatic N) is 1. The summed E-state index contributed by atoms with van der Waals surface area (Å²) in [4.78, 5) is 26.6. The highest BCUT2D eigenvalue weighted by Crippen LogP contribution is 2.43. The van der Waals surface area contributed by atoms with E-state index in [0.29, 0.717) is 22.0 Å². The second-order valence-electron chi connectivity index (χ2n) is 7.03. The van der Waals surface area contributed by atoms with Crippen molar-refractivity contribution >= 4 is 46.6 Å². The standard InChI is InChI=1S/C23H16ClF3N2O2S/c24-19-7-2-1-6-18(19)21(31)28-16-5-3-4-14(12-16)22-29(20(30)13-32-22)17-10-8-15(9-11-17)23(25,26)27/h1-12,22H,13H2,(H,28,31)/t22-/m0/s1. The van der Waals surface area contributed by atoms with Gasteiger partial charge in [-0.1, -0.05) is 35.9 Å². The van der Waals surface area contributed by atoms with Crippen LogP contribution in [0.25, 0.3) is 0 Å². The first kappa shape index (κ1) is 22.2. The van der Waals surface area contributed by atoms with Crippen molar-refractivity contribution in [3.8, 4) is 0 Å². The molecule has 0 saturated carbocycles. The lowest BCUT2D eigenvalue weighted by Gasteiger charge is -2.25. The largest absolute Gasteiger partial charge is 0.416 e. The van der Waals surface area contributed by atoms with Gasteiger partial charge in [0.05, 0.1) is 21.9 Å². The van der Waals surface area contributed by atoms with Crippen LogP contribution in [0.2, 0.25) is 5.02 Å². The number of anilines is 2. The van der Waals surface area contributed by atoms with Crippen LogP contribution in [0.3, 0.4) is 0 Å². The maximum atomic E-state index is 12.9. The Morgan fingerprint density at radius 3 is 2.44 bits per heavy atom. The van der Waals surface area contributed by atoms with E-state index in [1.807, 2.05) is 0 Å². The Hall–Kier alpha value is -2.97. The van der Waals surface area contributed by atoms with Crippen LogP contribution in [0.4, 0.5) is 24.5 Å². The highest BCUT2D eigenvalue weighted by Gasteiger charge is 2.35. The number of amides is 2. The van der Waals surface area contributed by atoms with Gasteiger partial charge in [-0.2, -0.15) is 13.2 Å². The molecule has 1 heterocycles. The minimum absolute atomic E-state index is 0.196. The molecule has 1 saturated heterocycles. The first-order chi connectivity index (χ1) is 15.2. The molecule has 3 aromatic carbocycles. The molecule has 0 aliphatic carbocycles. The number of carbonyl (C=O) groups is 2. The maximum Gasteiger partial charge on any atom is 0.416 e. The van der Waals surface area contributed by atoms with Gasteiger partial charge in [0.25, 0.3) is 5.91 Å². The molecule has 4 nitrogen and oxygen atoms in total. The van der Waals surface area contributed by atoms with Crippen LogP contribution >= 0.6 is 23.4 Å². The second kappa shape index (κ2) is 8.88. The Morgan fingerprint density at radius 2 is 1.75 bits per heavy atom. The van der Waals surface area contributed by atoms with E-state index in [1.165, 1.54) is 28.8 Å². The average molecular weight is 477 g/mol. The summed E-state index contributed by atoms with van der Waals surface area (Å²) < 4.78 is 38.7. The lowest BCUT2D eigenvalue weighted by atomic mass is 10.1. The average Bonchev–Trinajstić information content (AvgIpc) is 3.15. The predicted molar refractivity (Wildman–Crippen MR) is 120 cm³/mol. The Kier molecular flexibility index (Phi) is 6.17. The Bertz CT molecular complexity index is 1170. The molecule has 1 aliphatic heterocycles. The van der Waals surface area contributed by atoms with Crippen molar-refractivity contribution in [3.63, 3.8) is 0 Å². The molecule has 4 rings (SSSR count). The van der Waals surface area contributed by atoms with Crippen molar-refractivity contribution in [3.05, 3.63) is 94.5 Å². The van der Waals surface area contributed by atoms with Crippen molar-refractivity contribution in [2.45, 2.75) is 11.6 Å². The lowest BCUT2D eigenvalue weighted by molar-refractivity contribution is -0.137. The summed E-state index contributed by atoms with van der Waals surface area (Å²) in [5, 5.41) is 2.68. The molecule has 0 bridgehead atoms. The maximum absolute atomic E-state index is 12.9. The quantitative estimate of drug-likeness (QED) is 0.474. The second-order valence-corrected chi connectivity index (χ2v) is 8.51. The summed E-state index contributed by atoms with van der Waals surface area (Å²) in [6, 6.07) is 18.2. The molecule has 0 aromatic heterocycles. The summed E-state index contributed by atoms with van der Waals surface area (Å²) in [7, 11) is 0. The van der Waals surface area contributed by atoms with Gasteiger partial charge in [-0.25, -0.2) is 0 Å². The fourth-order valence-corrected chi connectivity index (χ4v) is 4.76. The van der Waals surface area contributed by atoms with Crippen molar-refractivity contribution in [1.29, 1.82) is 0 Å². The molecule has 32 heavy (non-hydrogen) atoms. The summed E-state index contributed by atoms with van der Waals surface area (Å²) in [5.74, 6) is -0.380. The number of halogens is 4. The van der Waals surface area contributed by atoms with E-state index in [-0.39, 0.29) is 17.6 Å². The van der Waals surface area contributed by atoms with Crippen LogP contribution in [-0.4, -0.2) is 17.6 Å². The number of rotatable bonds is 4. The molecule has 0 spiro atoms. The number of nitrogens with one attached hydrogen (secondary N) is 1. The third kappa shape index (κ3) is 4.61. The van der Waals surface area contributed by atoms with E-state index in [0.717, 1.165) is 17.7 Å². The van der Waals surface area contributed by atoms with Crippen LogP contribution in [0, 0.1) is 0 Å². The van der Waals surface area contributed by atoms with E-state index >= 15 is 0 Å². The summed E-state index contributed by atoms with van der Waals surface area (Å²) in [6.07, 6.45) is -4.45. The van der Waals surface area contributed by atoms with E-state index in [1.54, 1.807) is 48.5 Å². The predicted octanol–water partition coefficient (Wildman–Crippen LogP) is 6.39. The Morgan fingerprint density at radius 1 is 1.03 bits per heavy atom. The number of benzene rings is 3. The van der Waals surface area contributed by atoms with E-state index < -0.39 is 17.1 Å². The zero-order chi connectivity index (χ0) is 22.9. The van der Waals surface area contributed by atoms with Crippen LogP contribution in [-0.2, 0) is 11.0 Å². The molecular formula is C23H16ClF3N2O2S. The highest BCUT2D eigenvalue weighted by molar-refractivity contribution is 8.00. The molecule has 0 radical (unpaired) electrons. The number of thioether (sulfide) groups is 1. The molecule has 164 valence electrons. The van der Waals surface area contributed by atoms with E-state index in [9.17, 15) is 22.8 Å². The minimum Gasteiger partial charge on any atom is -0.322 e. The summed E-state index contributed by atoms with van der Waals surface area (Å²) >= 11 is 7.45. The number of hydrogen-bond donors (Lipinski definition) is 1. The molecule has 1 N–H and O–H groups in total. The highest BCUT2D eigenvalue weighted by atomic mass is 35.5. The van der Waals surface area contributed by atoms with Crippen LogP contribution < -0.4 is 10.2 Å². The smallest absolute Gasteiger partial charge is 0.322 e. The molecule has 1 aliphatic rings. The van der Waals surface area contributed by atoms with Crippen molar-refractivity contribution in [1.82, 2.24) is 0 Å². The first-order valence-corrected chi connectivity index (χ1v) is 10.9. The third-order valence-corrected chi connectivity index (χ3v) is 6.43. The fourth-order valence-electron chi connectivity index (χ4n) is 3.37. The zero-order valence-electron chi connectivity index (χ0n) is 16.4. The van der Waals surface area contributed by atoms with Gasteiger partial charge in [0.1, 0.15) is 5.37 Å². The molecule has 0 unspecified atom stereocenters. The van der Waals surface area contributed by atoms with Crippen molar-refractivity contribution in [2.75, 3.05) is 16.0 Å². The SMILES string of the molecule is O=C(Nc1cccc([C@@H]2SCC(=O)N2c2ccc(C(F)(F)F)cc2)c1)c1ccccc1Cl. The normalized spacial score (nSPS) is 16.3. The lowest BCUT2D eigenvalue weighted by Crippen LogP contribution is -2.28. The molecule has 1 atom stereocenters. The van der Waals surface area contributed by atoms with Gasteiger partial charge in [-0.15, -0.1) is 11.8 Å². The summed E-state index contributed by atoms with van der Waals surface area (Å²) in [6.45, 7) is 0. The van der Waals surface area contributed by atoms with Gasteiger partial charge in [0.2, 0.25) is 5.91 Å².